The van der Waals surface area contributed by atoms with Gasteiger partial charge in [-0.25, -0.2) is 4.79 Å². The molecule has 0 radical (unpaired) electrons. The number of fused-ring (bicyclic) bond motifs is 1. The van der Waals surface area contributed by atoms with E-state index < -0.39 is 12.0 Å². The van der Waals surface area contributed by atoms with E-state index in [1.807, 2.05) is 24.5 Å². The Morgan fingerprint density at radius 3 is 2.74 bits per heavy atom. The van der Waals surface area contributed by atoms with Gasteiger partial charge in [0.05, 0.1) is 19.6 Å². The molecule has 212 valence electrons. The molecule has 2 saturated heterocycles. The summed E-state index contributed by atoms with van der Waals surface area (Å²) in [7, 11) is 1.35. The lowest BCUT2D eigenvalue weighted by molar-refractivity contribution is -0.145. The largest absolute Gasteiger partial charge is 0.467 e. The predicted octanol–water partition coefficient (Wildman–Crippen LogP) is 3.04. The summed E-state index contributed by atoms with van der Waals surface area (Å²) < 4.78 is 4.94. The van der Waals surface area contributed by atoms with E-state index in [9.17, 15) is 14.4 Å². The molecule has 39 heavy (non-hydrogen) atoms. The number of methoxy groups -OCH3 is 1. The monoisotopic (exact) mass is 554 g/mol. The summed E-state index contributed by atoms with van der Waals surface area (Å²) >= 11 is 1.63. The molecule has 2 aliphatic rings. The average molecular weight is 555 g/mol. The van der Waals surface area contributed by atoms with E-state index in [-0.39, 0.29) is 30.3 Å². The van der Waals surface area contributed by atoms with Crippen LogP contribution in [0.5, 0.6) is 0 Å². The van der Waals surface area contributed by atoms with Gasteiger partial charge >= 0.3 is 5.97 Å². The Bertz CT molecular complexity index is 1120. The molecule has 2 heterocycles. The van der Waals surface area contributed by atoms with E-state index in [4.69, 9.17) is 4.74 Å². The van der Waals surface area contributed by atoms with Gasteiger partial charge in [-0.15, -0.1) is 0 Å². The number of rotatable bonds is 12. The van der Waals surface area contributed by atoms with Crippen LogP contribution in [-0.2, 0) is 25.7 Å². The van der Waals surface area contributed by atoms with Gasteiger partial charge < -0.3 is 20.3 Å². The molecule has 2 N–H and O–H groups in total. The van der Waals surface area contributed by atoms with Crippen LogP contribution in [0.15, 0.2) is 42.5 Å². The Morgan fingerprint density at radius 1 is 1.15 bits per heavy atom. The number of likely N-dealkylation sites (tertiary alicyclic amines) is 1. The Balaban J connectivity index is 1.51. The molecule has 0 aliphatic carbocycles. The maximum Gasteiger partial charge on any atom is 0.328 e. The lowest BCUT2D eigenvalue weighted by Gasteiger charge is -2.34. The number of piperidine rings is 1. The Hall–Kier alpha value is -2.62. The molecule has 2 aliphatic heterocycles. The molecule has 0 bridgehead atoms. The highest BCUT2D eigenvalue weighted by Crippen LogP contribution is 2.25. The van der Waals surface area contributed by atoms with Crippen LogP contribution in [0.25, 0.3) is 10.8 Å². The summed E-state index contributed by atoms with van der Waals surface area (Å²) in [6.07, 6.45) is 6.35. The Kier molecular flexibility index (Phi) is 11.1. The van der Waals surface area contributed by atoms with Crippen molar-refractivity contribution in [2.75, 3.05) is 51.8 Å². The van der Waals surface area contributed by atoms with Crippen LogP contribution in [-0.4, -0.2) is 91.5 Å². The zero-order valence-electron chi connectivity index (χ0n) is 23.2. The van der Waals surface area contributed by atoms with Crippen LogP contribution >= 0.6 is 11.8 Å². The van der Waals surface area contributed by atoms with Crippen molar-refractivity contribution < 1.29 is 19.1 Å². The molecule has 2 aromatic rings. The highest BCUT2D eigenvalue weighted by Gasteiger charge is 2.35. The van der Waals surface area contributed by atoms with Crippen molar-refractivity contribution in [1.82, 2.24) is 20.4 Å². The van der Waals surface area contributed by atoms with Crippen LogP contribution in [0.4, 0.5) is 0 Å². The second-order valence-electron chi connectivity index (χ2n) is 10.6. The number of nitrogens with one attached hydrogen (secondary N) is 2. The molecule has 8 nitrogen and oxygen atoms in total. The topological polar surface area (TPSA) is 91.0 Å². The number of hydrogen-bond donors (Lipinski definition) is 2. The van der Waals surface area contributed by atoms with Crippen LogP contribution < -0.4 is 10.6 Å². The molecule has 9 heteroatoms. The number of esters is 1. The molecule has 1 unspecified atom stereocenters. The molecule has 2 aromatic carbocycles. The highest BCUT2D eigenvalue weighted by atomic mass is 32.2. The number of carbonyl (C=O) groups is 3. The fraction of sp³-hybridized carbons (Fsp3) is 0.567. The first kappa shape index (κ1) is 29.4. The quantitative estimate of drug-likeness (QED) is 0.390. The van der Waals surface area contributed by atoms with E-state index in [0.717, 1.165) is 67.4 Å². The maximum absolute atomic E-state index is 13.4. The number of hydrogen-bond acceptors (Lipinski definition) is 7. The van der Waals surface area contributed by atoms with Crippen LogP contribution in [0, 0.1) is 5.92 Å². The van der Waals surface area contributed by atoms with E-state index >= 15 is 0 Å². The first-order valence-corrected chi connectivity index (χ1v) is 15.5. The number of thioether (sulfide) groups is 1. The summed E-state index contributed by atoms with van der Waals surface area (Å²) in [4.78, 5) is 43.2. The van der Waals surface area contributed by atoms with Gasteiger partial charge in [0.1, 0.15) is 6.04 Å². The van der Waals surface area contributed by atoms with Gasteiger partial charge in [0.2, 0.25) is 11.8 Å². The predicted molar refractivity (Wildman–Crippen MR) is 156 cm³/mol. The number of ether oxygens (including phenoxy) is 1. The van der Waals surface area contributed by atoms with Crippen molar-refractivity contribution in [3.05, 3.63) is 48.0 Å². The number of benzene rings is 2. The molecule has 2 amide bonds. The zero-order valence-corrected chi connectivity index (χ0v) is 24.0. The van der Waals surface area contributed by atoms with E-state index in [2.05, 4.69) is 44.7 Å². The first-order chi connectivity index (χ1) is 19.0. The van der Waals surface area contributed by atoms with Crippen molar-refractivity contribution in [1.29, 1.82) is 0 Å². The minimum absolute atomic E-state index is 0.0337. The number of carbonyl (C=O) groups excluding carboxylic acids is 3. The van der Waals surface area contributed by atoms with Gasteiger partial charge in [0, 0.05) is 32.2 Å². The molecular formula is C30H42N4O4S. The molecule has 0 saturated carbocycles. The van der Waals surface area contributed by atoms with Gasteiger partial charge in [0.15, 0.2) is 0 Å². The molecular weight excluding hydrogens is 512 g/mol. The SMILES string of the molecule is COC(=O)[C@H](CCSC)NC(=O)CN(Cc1cccc2ccccc12)C[C@@H]1CCCN1C(=O)C1CCCNC1. The molecule has 2 fully saturated rings. The van der Waals surface area contributed by atoms with Gasteiger partial charge in [-0.3, -0.25) is 14.5 Å². The summed E-state index contributed by atoms with van der Waals surface area (Å²) in [5, 5.41) is 8.59. The molecule has 0 spiro atoms. The minimum atomic E-state index is -0.669. The van der Waals surface area contributed by atoms with E-state index in [1.165, 1.54) is 7.11 Å². The fourth-order valence-corrected chi connectivity index (χ4v) is 6.31. The van der Waals surface area contributed by atoms with Crippen LogP contribution in [0.2, 0.25) is 0 Å². The van der Waals surface area contributed by atoms with Crippen molar-refractivity contribution in [3.8, 4) is 0 Å². The Labute approximate surface area is 236 Å². The minimum Gasteiger partial charge on any atom is -0.467 e. The molecule has 3 atom stereocenters. The second kappa shape index (κ2) is 14.7. The van der Waals surface area contributed by atoms with Gasteiger partial charge in [-0.1, -0.05) is 42.5 Å². The van der Waals surface area contributed by atoms with Gasteiger partial charge in [-0.2, -0.15) is 11.8 Å². The summed E-state index contributed by atoms with van der Waals surface area (Å²) in [5.41, 5.74) is 1.14. The lowest BCUT2D eigenvalue weighted by atomic mass is 9.97. The van der Waals surface area contributed by atoms with Crippen molar-refractivity contribution >= 4 is 40.3 Å². The zero-order chi connectivity index (χ0) is 27.6. The van der Waals surface area contributed by atoms with E-state index in [0.29, 0.717) is 19.5 Å². The average Bonchev–Trinajstić information content (AvgIpc) is 3.43. The smallest absolute Gasteiger partial charge is 0.328 e. The third-order valence-corrected chi connectivity index (χ3v) is 8.49. The van der Waals surface area contributed by atoms with Gasteiger partial charge in [-0.05, 0) is 67.0 Å². The standard InChI is InChI=1S/C30H42N4O4S/c1-38-30(37)27(14-17-39-2)32-28(35)21-33(19-24-10-5-9-22-8-3-4-13-26(22)24)20-25-12-7-16-34(25)29(36)23-11-6-15-31-18-23/h3-5,8-10,13,23,25,27,31H,6-7,11-12,14-21H2,1-2H3,(H,32,35)/t23?,25-,27-/m0/s1. The van der Waals surface area contributed by atoms with E-state index in [1.54, 1.807) is 11.8 Å². The van der Waals surface area contributed by atoms with Gasteiger partial charge in [0.25, 0.3) is 0 Å². The Morgan fingerprint density at radius 2 is 1.97 bits per heavy atom. The normalized spacial score (nSPS) is 20.2. The van der Waals surface area contributed by atoms with Crippen LogP contribution in [0.3, 0.4) is 0 Å². The number of nitrogens with zero attached hydrogens (tertiary/aromatic N) is 2. The maximum atomic E-state index is 13.4. The van der Waals surface area contributed by atoms with Crippen LogP contribution in [0.1, 0.15) is 37.7 Å². The summed E-state index contributed by atoms with van der Waals surface area (Å²) in [6.45, 7) is 3.81. The summed E-state index contributed by atoms with van der Waals surface area (Å²) in [6, 6.07) is 13.9. The van der Waals surface area contributed by atoms with Crippen molar-refractivity contribution in [3.63, 3.8) is 0 Å². The molecule has 0 aromatic heterocycles. The highest BCUT2D eigenvalue weighted by molar-refractivity contribution is 7.98. The second-order valence-corrected chi connectivity index (χ2v) is 11.6. The van der Waals surface area contributed by atoms with Crippen molar-refractivity contribution in [2.24, 2.45) is 5.92 Å². The molecule has 4 rings (SSSR count). The van der Waals surface area contributed by atoms with Crippen molar-refractivity contribution in [2.45, 2.75) is 50.7 Å². The third kappa shape index (κ3) is 7.96. The summed E-state index contributed by atoms with van der Waals surface area (Å²) in [5.74, 6) is 0.383. The fourth-order valence-electron chi connectivity index (χ4n) is 5.84. The lowest BCUT2D eigenvalue weighted by Crippen LogP contribution is -2.50. The first-order valence-electron chi connectivity index (χ1n) is 14.1. The third-order valence-electron chi connectivity index (χ3n) is 7.85. The number of amides is 2.